The second-order valence-corrected chi connectivity index (χ2v) is 2.84. The molecule has 0 aliphatic rings. The topological polar surface area (TPSA) is 20.3 Å². The zero-order chi connectivity index (χ0) is 11.6. The van der Waals surface area contributed by atoms with Crippen LogP contribution in [0.3, 0.4) is 0 Å². The first-order chi connectivity index (χ1) is 6.82. The molecule has 1 rings (SSSR count). The van der Waals surface area contributed by atoms with Crippen LogP contribution in [-0.2, 0) is 4.79 Å². The molecule has 0 fully saturated rings. The molecule has 1 aromatic rings. The standard InChI is InChI=1S/C9H7F4NO/c1-14(8(15)9(11,12)13)7-4-2-6(10)3-5-7/h2-5H,1H3. The third-order valence-electron chi connectivity index (χ3n) is 1.76. The maximum absolute atomic E-state index is 12.5. The fourth-order valence-corrected chi connectivity index (χ4v) is 0.972. The van der Waals surface area contributed by atoms with E-state index in [4.69, 9.17) is 0 Å². The van der Waals surface area contributed by atoms with Gasteiger partial charge in [0.05, 0.1) is 0 Å². The van der Waals surface area contributed by atoms with Gasteiger partial charge in [0.2, 0.25) is 0 Å². The minimum atomic E-state index is -4.93. The molecule has 1 amide bonds. The van der Waals surface area contributed by atoms with Crippen LogP contribution in [0.25, 0.3) is 0 Å². The summed E-state index contributed by atoms with van der Waals surface area (Å²) < 4.78 is 48.5. The monoisotopic (exact) mass is 221 g/mol. The van der Waals surface area contributed by atoms with Crippen LogP contribution in [0.4, 0.5) is 23.2 Å². The van der Waals surface area contributed by atoms with Crippen molar-refractivity contribution in [2.75, 3.05) is 11.9 Å². The summed E-state index contributed by atoms with van der Waals surface area (Å²) >= 11 is 0. The maximum Gasteiger partial charge on any atom is 0.471 e. The van der Waals surface area contributed by atoms with Crippen LogP contribution in [-0.4, -0.2) is 19.1 Å². The molecule has 0 bridgehead atoms. The van der Waals surface area contributed by atoms with Crippen LogP contribution in [0.15, 0.2) is 24.3 Å². The van der Waals surface area contributed by atoms with Crippen molar-refractivity contribution in [1.82, 2.24) is 0 Å². The van der Waals surface area contributed by atoms with Gasteiger partial charge in [0.25, 0.3) is 0 Å². The highest BCUT2D eigenvalue weighted by atomic mass is 19.4. The van der Waals surface area contributed by atoms with Gasteiger partial charge in [0.1, 0.15) is 5.82 Å². The lowest BCUT2D eigenvalue weighted by molar-refractivity contribution is -0.170. The Kier molecular flexibility index (Phi) is 2.97. The third-order valence-corrected chi connectivity index (χ3v) is 1.76. The fourth-order valence-electron chi connectivity index (χ4n) is 0.972. The lowest BCUT2D eigenvalue weighted by atomic mass is 10.3. The molecule has 0 N–H and O–H groups in total. The van der Waals surface area contributed by atoms with E-state index < -0.39 is 17.9 Å². The molecule has 0 heterocycles. The number of hydrogen-bond donors (Lipinski definition) is 0. The van der Waals surface area contributed by atoms with E-state index in [2.05, 4.69) is 0 Å². The molecular formula is C9H7F4NO. The van der Waals surface area contributed by atoms with Gasteiger partial charge in [0, 0.05) is 12.7 Å². The number of amides is 1. The highest BCUT2D eigenvalue weighted by Gasteiger charge is 2.41. The number of anilines is 1. The first kappa shape index (κ1) is 11.5. The smallest absolute Gasteiger partial charge is 0.308 e. The zero-order valence-corrected chi connectivity index (χ0v) is 7.68. The number of rotatable bonds is 1. The van der Waals surface area contributed by atoms with Gasteiger partial charge in [-0.3, -0.25) is 4.79 Å². The van der Waals surface area contributed by atoms with Gasteiger partial charge in [-0.25, -0.2) is 4.39 Å². The van der Waals surface area contributed by atoms with Gasteiger partial charge < -0.3 is 4.90 Å². The van der Waals surface area contributed by atoms with Gasteiger partial charge >= 0.3 is 12.1 Å². The first-order valence-corrected chi connectivity index (χ1v) is 3.93. The summed E-state index contributed by atoms with van der Waals surface area (Å²) in [5, 5.41) is 0. The van der Waals surface area contributed by atoms with E-state index in [1.165, 1.54) is 0 Å². The number of alkyl halides is 3. The van der Waals surface area contributed by atoms with E-state index in [1.54, 1.807) is 0 Å². The first-order valence-electron chi connectivity index (χ1n) is 3.93. The average Bonchev–Trinajstić information content (AvgIpc) is 2.15. The van der Waals surface area contributed by atoms with E-state index in [-0.39, 0.29) is 5.69 Å². The van der Waals surface area contributed by atoms with E-state index in [0.717, 1.165) is 31.3 Å². The number of nitrogens with zero attached hydrogens (tertiary/aromatic N) is 1. The summed E-state index contributed by atoms with van der Waals surface area (Å²) in [6.07, 6.45) is -4.93. The van der Waals surface area contributed by atoms with Gasteiger partial charge in [-0.1, -0.05) is 0 Å². The minimum Gasteiger partial charge on any atom is -0.308 e. The molecule has 0 aromatic heterocycles. The van der Waals surface area contributed by atoms with Gasteiger partial charge in [-0.05, 0) is 24.3 Å². The van der Waals surface area contributed by atoms with Crippen molar-refractivity contribution >= 4 is 11.6 Å². The predicted molar refractivity (Wildman–Crippen MR) is 45.9 cm³/mol. The molecule has 0 radical (unpaired) electrons. The molecule has 82 valence electrons. The van der Waals surface area contributed by atoms with Crippen molar-refractivity contribution in [2.45, 2.75) is 6.18 Å². The third kappa shape index (κ3) is 2.68. The summed E-state index contributed by atoms with van der Waals surface area (Å²) in [6, 6.07) is 4.16. The molecule has 0 spiro atoms. The highest BCUT2D eigenvalue weighted by molar-refractivity contribution is 5.96. The number of halogens is 4. The molecule has 0 aliphatic heterocycles. The second-order valence-electron chi connectivity index (χ2n) is 2.84. The van der Waals surface area contributed by atoms with E-state index in [0.29, 0.717) is 4.90 Å². The van der Waals surface area contributed by atoms with Gasteiger partial charge in [0.15, 0.2) is 0 Å². The summed E-state index contributed by atoms with van der Waals surface area (Å²) in [5.74, 6) is -2.57. The van der Waals surface area contributed by atoms with Crippen molar-refractivity contribution in [3.63, 3.8) is 0 Å². The van der Waals surface area contributed by atoms with Crippen LogP contribution >= 0.6 is 0 Å². The van der Waals surface area contributed by atoms with Crippen LogP contribution in [0.2, 0.25) is 0 Å². The Morgan fingerprint density at radius 2 is 1.67 bits per heavy atom. The predicted octanol–water partition coefficient (Wildman–Crippen LogP) is 2.35. The summed E-state index contributed by atoms with van der Waals surface area (Å²) in [5.41, 5.74) is -0.0151. The van der Waals surface area contributed by atoms with Crippen LogP contribution in [0.1, 0.15) is 0 Å². The number of benzene rings is 1. The Bertz CT molecular complexity index is 357. The van der Waals surface area contributed by atoms with Crippen molar-refractivity contribution in [2.24, 2.45) is 0 Å². The van der Waals surface area contributed by atoms with Crippen LogP contribution in [0.5, 0.6) is 0 Å². The minimum absolute atomic E-state index is 0.0151. The number of carbonyl (C=O) groups is 1. The highest BCUT2D eigenvalue weighted by Crippen LogP contribution is 2.22. The van der Waals surface area contributed by atoms with Crippen LogP contribution < -0.4 is 4.90 Å². The largest absolute Gasteiger partial charge is 0.471 e. The van der Waals surface area contributed by atoms with E-state index >= 15 is 0 Å². The molecule has 0 unspecified atom stereocenters. The van der Waals surface area contributed by atoms with Gasteiger partial charge in [-0.2, -0.15) is 13.2 Å². The number of hydrogen-bond acceptors (Lipinski definition) is 1. The number of carbonyl (C=O) groups excluding carboxylic acids is 1. The molecule has 1 aromatic carbocycles. The fraction of sp³-hybridized carbons (Fsp3) is 0.222. The molecule has 0 saturated carbocycles. The van der Waals surface area contributed by atoms with Crippen molar-refractivity contribution in [1.29, 1.82) is 0 Å². The normalized spacial score (nSPS) is 11.3. The molecular weight excluding hydrogens is 214 g/mol. The SMILES string of the molecule is CN(C(=O)C(F)(F)F)c1ccc(F)cc1. The lowest BCUT2D eigenvalue weighted by Gasteiger charge is -2.18. The molecule has 0 saturated heterocycles. The Morgan fingerprint density at radius 1 is 1.20 bits per heavy atom. The Hall–Kier alpha value is -1.59. The zero-order valence-electron chi connectivity index (χ0n) is 7.68. The Morgan fingerprint density at radius 3 is 2.07 bits per heavy atom. The summed E-state index contributed by atoms with van der Waals surface area (Å²) in [7, 11) is 0.975. The van der Waals surface area contributed by atoms with E-state index in [9.17, 15) is 22.4 Å². The molecule has 0 aliphatic carbocycles. The molecule has 2 nitrogen and oxygen atoms in total. The van der Waals surface area contributed by atoms with Crippen LogP contribution in [0, 0.1) is 5.82 Å². The van der Waals surface area contributed by atoms with Gasteiger partial charge in [-0.15, -0.1) is 0 Å². The summed E-state index contributed by atoms with van der Waals surface area (Å²) in [4.78, 5) is 11.2. The van der Waals surface area contributed by atoms with Crippen molar-refractivity contribution in [3.05, 3.63) is 30.1 Å². The average molecular weight is 221 g/mol. The second kappa shape index (κ2) is 3.88. The quantitative estimate of drug-likeness (QED) is 0.666. The van der Waals surface area contributed by atoms with Crippen molar-refractivity contribution < 1.29 is 22.4 Å². The Labute approximate surface area is 83.1 Å². The van der Waals surface area contributed by atoms with Crippen molar-refractivity contribution in [3.8, 4) is 0 Å². The summed E-state index contributed by atoms with van der Waals surface area (Å²) in [6.45, 7) is 0. The lowest BCUT2D eigenvalue weighted by Crippen LogP contribution is -2.38. The maximum atomic E-state index is 12.5. The van der Waals surface area contributed by atoms with E-state index in [1.807, 2.05) is 0 Å². The Balaban J connectivity index is 2.90. The molecule has 0 atom stereocenters. The molecule has 15 heavy (non-hydrogen) atoms. The molecule has 6 heteroatoms.